The molecule has 1 rings (SSSR count). The van der Waals surface area contributed by atoms with E-state index >= 15 is 0 Å². The molecule has 1 heterocycles. The zero-order valence-corrected chi connectivity index (χ0v) is 9.22. The molecule has 0 amide bonds. The van der Waals surface area contributed by atoms with E-state index < -0.39 is 22.6 Å². The van der Waals surface area contributed by atoms with Crippen LogP contribution in [0.15, 0.2) is 9.85 Å². The van der Waals surface area contributed by atoms with Crippen LogP contribution in [0, 0.1) is 0 Å². The molecule has 0 saturated carbocycles. The average molecular weight is 289 g/mol. The maximum Gasteiger partial charge on any atom is 0.419 e. The second kappa shape index (κ2) is 3.90. The van der Waals surface area contributed by atoms with Crippen molar-refractivity contribution in [3.05, 3.63) is 20.3 Å². The smallest absolute Gasteiger partial charge is 0.419 e. The zero-order chi connectivity index (χ0) is 10.9. The van der Waals surface area contributed by atoms with E-state index in [9.17, 15) is 18.0 Å². The number of halogens is 4. The molecule has 7 heteroatoms. The number of thiophene rings is 1. The highest BCUT2D eigenvalue weighted by molar-refractivity contribution is 9.10. The predicted molar refractivity (Wildman–Crippen MR) is 48.4 cm³/mol. The molecule has 0 atom stereocenters. The zero-order valence-electron chi connectivity index (χ0n) is 6.81. The second-order valence-corrected chi connectivity index (χ2v) is 4.01. The fourth-order valence-electron chi connectivity index (χ4n) is 0.844. The van der Waals surface area contributed by atoms with Crippen molar-refractivity contribution in [3.8, 4) is 0 Å². The van der Waals surface area contributed by atoms with E-state index in [2.05, 4.69) is 20.7 Å². The first-order chi connectivity index (χ1) is 6.38. The molecule has 0 bridgehead atoms. The monoisotopic (exact) mass is 288 g/mol. The summed E-state index contributed by atoms with van der Waals surface area (Å²) >= 11 is 3.43. The summed E-state index contributed by atoms with van der Waals surface area (Å²) in [6.07, 6.45) is -4.55. The van der Waals surface area contributed by atoms with Gasteiger partial charge in [-0.2, -0.15) is 13.2 Å². The Kier molecular flexibility index (Phi) is 3.20. The van der Waals surface area contributed by atoms with Crippen LogP contribution in [0.1, 0.15) is 15.2 Å². The van der Waals surface area contributed by atoms with Gasteiger partial charge in [0.25, 0.3) is 0 Å². The topological polar surface area (TPSA) is 26.3 Å². The summed E-state index contributed by atoms with van der Waals surface area (Å²) < 4.78 is 41.3. The maximum absolute atomic E-state index is 12.4. The van der Waals surface area contributed by atoms with Crippen molar-refractivity contribution >= 4 is 33.2 Å². The summed E-state index contributed by atoms with van der Waals surface area (Å²) in [6.45, 7) is 0. The van der Waals surface area contributed by atoms with E-state index in [1.165, 1.54) is 5.38 Å². The number of rotatable bonds is 1. The van der Waals surface area contributed by atoms with Crippen LogP contribution in [0.4, 0.5) is 13.2 Å². The van der Waals surface area contributed by atoms with Crippen LogP contribution in [0.25, 0.3) is 0 Å². The first-order valence-corrected chi connectivity index (χ1v) is 4.97. The van der Waals surface area contributed by atoms with Crippen LogP contribution in [-0.2, 0) is 10.9 Å². The molecule has 0 aliphatic heterocycles. The molecule has 1 aromatic rings. The van der Waals surface area contributed by atoms with Crippen molar-refractivity contribution in [2.24, 2.45) is 0 Å². The lowest BCUT2D eigenvalue weighted by molar-refractivity contribution is -0.138. The summed E-state index contributed by atoms with van der Waals surface area (Å²) in [4.78, 5) is 10.5. The van der Waals surface area contributed by atoms with Crippen molar-refractivity contribution in [2.75, 3.05) is 7.11 Å². The third-order valence-electron chi connectivity index (χ3n) is 1.40. The molecular weight excluding hydrogens is 285 g/mol. The van der Waals surface area contributed by atoms with Gasteiger partial charge >= 0.3 is 12.1 Å². The fourth-order valence-corrected chi connectivity index (χ4v) is 2.54. The Balaban J connectivity index is 3.27. The van der Waals surface area contributed by atoms with Gasteiger partial charge in [-0.25, -0.2) is 4.79 Å². The van der Waals surface area contributed by atoms with E-state index in [1.807, 2.05) is 0 Å². The fraction of sp³-hybridized carbons (Fsp3) is 0.286. The third-order valence-corrected chi connectivity index (χ3v) is 3.29. The van der Waals surface area contributed by atoms with Gasteiger partial charge in [0.2, 0.25) is 0 Å². The number of ether oxygens (including phenoxy) is 1. The summed E-state index contributed by atoms with van der Waals surface area (Å²) in [5, 5.41) is 1.20. The molecule has 78 valence electrons. The van der Waals surface area contributed by atoms with E-state index in [4.69, 9.17) is 0 Å². The van der Waals surface area contributed by atoms with E-state index in [1.54, 1.807) is 0 Å². The maximum atomic E-state index is 12.4. The van der Waals surface area contributed by atoms with Crippen molar-refractivity contribution < 1.29 is 22.7 Å². The molecule has 14 heavy (non-hydrogen) atoms. The van der Waals surface area contributed by atoms with Crippen molar-refractivity contribution in [1.29, 1.82) is 0 Å². The van der Waals surface area contributed by atoms with Crippen LogP contribution in [0.3, 0.4) is 0 Å². The standard InChI is InChI=1S/C7H4BrF3O2S/c1-13-6(12)5-4(7(9,10)11)3(8)2-14-5/h2H,1H3. The van der Waals surface area contributed by atoms with E-state index in [0.717, 1.165) is 7.11 Å². The minimum Gasteiger partial charge on any atom is -0.465 e. The summed E-state index contributed by atoms with van der Waals surface area (Å²) in [5.74, 6) is -0.979. The second-order valence-electron chi connectivity index (χ2n) is 2.28. The molecule has 2 nitrogen and oxygen atoms in total. The average Bonchev–Trinajstić information content (AvgIpc) is 2.44. The third kappa shape index (κ3) is 2.09. The minimum atomic E-state index is -4.55. The number of hydrogen-bond acceptors (Lipinski definition) is 3. The van der Waals surface area contributed by atoms with Gasteiger partial charge in [-0.3, -0.25) is 0 Å². The van der Waals surface area contributed by atoms with E-state index in [0.29, 0.717) is 11.3 Å². The first-order valence-electron chi connectivity index (χ1n) is 3.30. The SMILES string of the molecule is COC(=O)c1scc(Br)c1C(F)(F)F. The van der Waals surface area contributed by atoms with Gasteiger partial charge in [-0.05, 0) is 15.9 Å². The number of esters is 1. The minimum absolute atomic E-state index is 0.143. The Hall–Kier alpha value is -0.560. The molecule has 0 spiro atoms. The molecule has 0 unspecified atom stereocenters. The van der Waals surface area contributed by atoms with Crippen molar-refractivity contribution in [1.82, 2.24) is 0 Å². The lowest BCUT2D eigenvalue weighted by atomic mass is 10.2. The van der Waals surface area contributed by atoms with Crippen LogP contribution >= 0.6 is 27.3 Å². The number of carbonyl (C=O) groups excluding carboxylic acids is 1. The normalized spacial score (nSPS) is 11.5. The highest BCUT2D eigenvalue weighted by Crippen LogP contribution is 2.40. The van der Waals surface area contributed by atoms with Gasteiger partial charge in [-0.15, -0.1) is 11.3 Å². The molecule has 0 aromatic carbocycles. The van der Waals surface area contributed by atoms with Gasteiger partial charge < -0.3 is 4.74 Å². The summed E-state index contributed by atoms with van der Waals surface area (Å²) in [7, 11) is 1.04. The molecular formula is C7H4BrF3O2S. The number of carbonyl (C=O) groups is 1. The Morgan fingerprint density at radius 1 is 1.57 bits per heavy atom. The molecule has 0 aliphatic carbocycles. The van der Waals surface area contributed by atoms with Gasteiger partial charge in [0.1, 0.15) is 4.88 Å². The molecule has 0 radical (unpaired) electrons. The van der Waals surface area contributed by atoms with E-state index in [-0.39, 0.29) is 4.47 Å². The van der Waals surface area contributed by atoms with Crippen LogP contribution in [-0.4, -0.2) is 13.1 Å². The Morgan fingerprint density at radius 2 is 2.14 bits per heavy atom. The van der Waals surface area contributed by atoms with Gasteiger partial charge in [0, 0.05) is 9.85 Å². The van der Waals surface area contributed by atoms with Crippen molar-refractivity contribution in [3.63, 3.8) is 0 Å². The molecule has 1 aromatic heterocycles. The summed E-state index contributed by atoms with van der Waals surface area (Å²) in [5.41, 5.74) is -0.977. The van der Waals surface area contributed by atoms with Crippen LogP contribution < -0.4 is 0 Å². The Bertz CT molecular complexity index is 358. The quantitative estimate of drug-likeness (QED) is 0.741. The molecule has 0 aliphatic rings. The largest absolute Gasteiger partial charge is 0.465 e. The lowest BCUT2D eigenvalue weighted by Crippen LogP contribution is -2.11. The Morgan fingerprint density at radius 3 is 2.57 bits per heavy atom. The summed E-state index contributed by atoms with van der Waals surface area (Å²) in [6, 6.07) is 0. The number of methoxy groups -OCH3 is 1. The lowest BCUT2D eigenvalue weighted by Gasteiger charge is -2.07. The molecule has 0 saturated heterocycles. The highest BCUT2D eigenvalue weighted by Gasteiger charge is 2.39. The van der Waals surface area contributed by atoms with Gasteiger partial charge in [0.05, 0.1) is 12.7 Å². The van der Waals surface area contributed by atoms with Crippen LogP contribution in [0.5, 0.6) is 0 Å². The van der Waals surface area contributed by atoms with Gasteiger partial charge in [-0.1, -0.05) is 0 Å². The molecule has 0 fully saturated rings. The Labute approximate surface area is 89.8 Å². The van der Waals surface area contributed by atoms with Gasteiger partial charge in [0.15, 0.2) is 0 Å². The first kappa shape index (κ1) is 11.5. The van der Waals surface area contributed by atoms with Crippen LogP contribution in [0.2, 0.25) is 0 Å². The predicted octanol–water partition coefficient (Wildman–Crippen LogP) is 3.32. The van der Waals surface area contributed by atoms with Crippen molar-refractivity contribution in [2.45, 2.75) is 6.18 Å². The number of hydrogen-bond donors (Lipinski definition) is 0. The highest BCUT2D eigenvalue weighted by atomic mass is 79.9. The molecule has 0 N–H and O–H groups in total. The number of alkyl halides is 3.